The van der Waals surface area contributed by atoms with Gasteiger partial charge in [0.25, 0.3) is 0 Å². The Balaban J connectivity index is 2.10. The van der Waals surface area contributed by atoms with Gasteiger partial charge in [0.1, 0.15) is 17.3 Å². The summed E-state index contributed by atoms with van der Waals surface area (Å²) >= 11 is 5.88. The summed E-state index contributed by atoms with van der Waals surface area (Å²) in [6.45, 7) is 1.51. The van der Waals surface area contributed by atoms with Crippen LogP contribution in [0.1, 0.15) is 29.6 Å². The first-order chi connectivity index (χ1) is 8.72. The Bertz CT molecular complexity index is 422. The molecule has 0 saturated carbocycles. The largest absolute Gasteiger partial charge is 0.376 e. The van der Waals surface area contributed by atoms with Gasteiger partial charge in [0.05, 0.1) is 11.7 Å². The molecule has 0 amide bonds. The molecule has 0 bridgehead atoms. The highest BCUT2D eigenvalue weighted by molar-refractivity contribution is 6.32. The van der Waals surface area contributed by atoms with E-state index in [1.807, 2.05) is 11.9 Å². The first kappa shape index (κ1) is 13.2. The molecule has 1 unspecified atom stereocenters. The van der Waals surface area contributed by atoms with Gasteiger partial charge in [0.15, 0.2) is 6.29 Å². The van der Waals surface area contributed by atoms with Crippen LogP contribution < -0.4 is 4.90 Å². The Morgan fingerprint density at radius 1 is 1.56 bits per heavy atom. The van der Waals surface area contributed by atoms with Gasteiger partial charge in [-0.1, -0.05) is 11.6 Å². The molecule has 0 N–H and O–H groups in total. The minimum absolute atomic E-state index is 0.186. The standard InChI is InChI=1S/C12H16ClN3O2/c1-16(6-9-4-2-3-5-18-9)12-10(7-17)11(13)14-8-15-12/h7-9H,2-6H2,1H3. The van der Waals surface area contributed by atoms with Crippen LogP contribution in [-0.2, 0) is 4.74 Å². The summed E-state index contributed by atoms with van der Waals surface area (Å²) in [5.74, 6) is 0.555. The van der Waals surface area contributed by atoms with E-state index in [1.54, 1.807) is 0 Å². The normalized spacial score (nSPS) is 19.6. The number of likely N-dealkylation sites (N-methyl/N-ethyl adjacent to an activating group) is 1. The van der Waals surface area contributed by atoms with Gasteiger partial charge in [-0.15, -0.1) is 0 Å². The molecular formula is C12H16ClN3O2. The van der Waals surface area contributed by atoms with Crippen molar-refractivity contribution in [1.82, 2.24) is 9.97 Å². The predicted molar refractivity (Wildman–Crippen MR) is 69.3 cm³/mol. The summed E-state index contributed by atoms with van der Waals surface area (Å²) in [5.41, 5.74) is 0.331. The molecular weight excluding hydrogens is 254 g/mol. The number of hydrogen-bond donors (Lipinski definition) is 0. The molecule has 1 aromatic rings. The molecule has 1 atom stereocenters. The molecule has 0 spiro atoms. The summed E-state index contributed by atoms with van der Waals surface area (Å²) in [7, 11) is 1.88. The average Bonchev–Trinajstić information content (AvgIpc) is 2.39. The lowest BCUT2D eigenvalue weighted by Crippen LogP contribution is -2.34. The second-order valence-corrected chi connectivity index (χ2v) is 4.75. The molecule has 2 heterocycles. The Morgan fingerprint density at radius 2 is 2.39 bits per heavy atom. The number of anilines is 1. The summed E-state index contributed by atoms with van der Waals surface area (Å²) in [6, 6.07) is 0. The molecule has 5 nitrogen and oxygen atoms in total. The van der Waals surface area contributed by atoms with Gasteiger partial charge in [-0.25, -0.2) is 9.97 Å². The Labute approximate surface area is 111 Å². The molecule has 98 valence electrons. The third kappa shape index (κ3) is 2.97. The number of halogens is 1. The van der Waals surface area contributed by atoms with Gasteiger partial charge < -0.3 is 9.64 Å². The molecule has 0 radical (unpaired) electrons. The highest BCUT2D eigenvalue weighted by Gasteiger charge is 2.19. The van der Waals surface area contributed by atoms with Crippen LogP contribution in [0.2, 0.25) is 5.15 Å². The number of hydrogen-bond acceptors (Lipinski definition) is 5. The molecule has 1 aliphatic rings. The van der Waals surface area contributed by atoms with Crippen LogP contribution in [0, 0.1) is 0 Å². The number of ether oxygens (including phenoxy) is 1. The van der Waals surface area contributed by atoms with Crippen LogP contribution in [0.3, 0.4) is 0 Å². The fraction of sp³-hybridized carbons (Fsp3) is 0.583. The molecule has 0 aromatic carbocycles. The number of rotatable bonds is 4. The number of carbonyl (C=O) groups excluding carboxylic acids is 1. The minimum atomic E-state index is 0.186. The van der Waals surface area contributed by atoms with Crippen LogP contribution in [0.4, 0.5) is 5.82 Å². The smallest absolute Gasteiger partial charge is 0.156 e. The zero-order chi connectivity index (χ0) is 13.0. The SMILES string of the molecule is CN(CC1CCCCO1)c1ncnc(Cl)c1C=O. The van der Waals surface area contributed by atoms with Crippen molar-refractivity contribution in [3.8, 4) is 0 Å². The van der Waals surface area contributed by atoms with E-state index in [0.29, 0.717) is 24.2 Å². The van der Waals surface area contributed by atoms with E-state index >= 15 is 0 Å². The van der Waals surface area contributed by atoms with Crippen LogP contribution in [0.25, 0.3) is 0 Å². The topological polar surface area (TPSA) is 55.3 Å². The predicted octanol–water partition coefficient (Wildman–Crippen LogP) is 1.95. The second-order valence-electron chi connectivity index (χ2n) is 4.39. The number of carbonyl (C=O) groups is 1. The van der Waals surface area contributed by atoms with E-state index in [1.165, 1.54) is 12.7 Å². The van der Waals surface area contributed by atoms with E-state index in [-0.39, 0.29) is 11.3 Å². The summed E-state index contributed by atoms with van der Waals surface area (Å²) < 4.78 is 5.67. The fourth-order valence-corrected chi connectivity index (χ4v) is 2.29. The highest BCUT2D eigenvalue weighted by atomic mass is 35.5. The molecule has 1 fully saturated rings. The van der Waals surface area contributed by atoms with Gasteiger partial charge >= 0.3 is 0 Å². The zero-order valence-electron chi connectivity index (χ0n) is 10.3. The van der Waals surface area contributed by atoms with Crippen LogP contribution in [0.15, 0.2) is 6.33 Å². The minimum Gasteiger partial charge on any atom is -0.376 e. The zero-order valence-corrected chi connectivity index (χ0v) is 11.1. The van der Waals surface area contributed by atoms with Crippen molar-refractivity contribution in [1.29, 1.82) is 0 Å². The van der Waals surface area contributed by atoms with E-state index in [9.17, 15) is 4.79 Å². The Kier molecular flexibility index (Phi) is 4.49. The number of aromatic nitrogens is 2. The van der Waals surface area contributed by atoms with E-state index < -0.39 is 0 Å². The Morgan fingerprint density at radius 3 is 3.06 bits per heavy atom. The maximum atomic E-state index is 11.0. The van der Waals surface area contributed by atoms with E-state index in [4.69, 9.17) is 16.3 Å². The van der Waals surface area contributed by atoms with E-state index in [2.05, 4.69) is 9.97 Å². The van der Waals surface area contributed by atoms with Crippen molar-refractivity contribution in [2.45, 2.75) is 25.4 Å². The lowest BCUT2D eigenvalue weighted by atomic mass is 10.1. The van der Waals surface area contributed by atoms with Gasteiger partial charge in [-0.05, 0) is 19.3 Å². The third-order valence-electron chi connectivity index (χ3n) is 3.05. The quantitative estimate of drug-likeness (QED) is 0.618. The Hall–Kier alpha value is -1.20. The van der Waals surface area contributed by atoms with Crippen LogP contribution >= 0.6 is 11.6 Å². The monoisotopic (exact) mass is 269 g/mol. The van der Waals surface area contributed by atoms with Crippen molar-refractivity contribution in [3.63, 3.8) is 0 Å². The van der Waals surface area contributed by atoms with Crippen molar-refractivity contribution in [3.05, 3.63) is 17.0 Å². The van der Waals surface area contributed by atoms with Crippen molar-refractivity contribution in [2.24, 2.45) is 0 Å². The summed E-state index contributed by atoms with van der Waals surface area (Å²) in [5, 5.41) is 0.186. The third-order valence-corrected chi connectivity index (χ3v) is 3.35. The molecule has 1 aromatic heterocycles. The average molecular weight is 270 g/mol. The van der Waals surface area contributed by atoms with Crippen molar-refractivity contribution < 1.29 is 9.53 Å². The van der Waals surface area contributed by atoms with Gasteiger partial charge in [-0.2, -0.15) is 0 Å². The molecule has 0 aliphatic carbocycles. The van der Waals surface area contributed by atoms with E-state index in [0.717, 1.165) is 19.4 Å². The lowest BCUT2D eigenvalue weighted by Gasteiger charge is -2.28. The number of nitrogens with zero attached hydrogens (tertiary/aromatic N) is 3. The second kappa shape index (κ2) is 6.11. The van der Waals surface area contributed by atoms with Crippen LogP contribution in [-0.4, -0.2) is 42.6 Å². The summed E-state index contributed by atoms with van der Waals surface area (Å²) in [6.07, 6.45) is 5.60. The first-order valence-electron chi connectivity index (χ1n) is 6.00. The maximum Gasteiger partial charge on any atom is 0.156 e. The number of aldehydes is 1. The van der Waals surface area contributed by atoms with Gasteiger partial charge in [-0.3, -0.25) is 4.79 Å². The van der Waals surface area contributed by atoms with Gasteiger partial charge in [0, 0.05) is 20.2 Å². The maximum absolute atomic E-state index is 11.0. The van der Waals surface area contributed by atoms with Crippen molar-refractivity contribution >= 4 is 23.7 Å². The molecule has 1 saturated heterocycles. The molecule has 2 rings (SSSR count). The first-order valence-corrected chi connectivity index (χ1v) is 6.38. The molecule has 18 heavy (non-hydrogen) atoms. The molecule has 6 heteroatoms. The fourth-order valence-electron chi connectivity index (χ4n) is 2.11. The highest BCUT2D eigenvalue weighted by Crippen LogP contribution is 2.22. The van der Waals surface area contributed by atoms with Crippen molar-refractivity contribution in [2.75, 3.05) is 25.1 Å². The lowest BCUT2D eigenvalue weighted by molar-refractivity contribution is 0.0215. The summed E-state index contributed by atoms with van der Waals surface area (Å²) in [4.78, 5) is 20.8. The van der Waals surface area contributed by atoms with Crippen LogP contribution in [0.5, 0.6) is 0 Å². The molecule has 1 aliphatic heterocycles. The van der Waals surface area contributed by atoms with Gasteiger partial charge in [0.2, 0.25) is 0 Å².